The zero-order chi connectivity index (χ0) is 14.4. The molecule has 0 spiro atoms. The van der Waals surface area contributed by atoms with E-state index in [4.69, 9.17) is 10.5 Å². The largest absolute Gasteiger partial charge is 0.495 e. The fraction of sp³-hybridized carbons (Fsp3) is 0.188. The molecule has 0 aliphatic rings. The number of nitrogens with one attached hydrogen (secondary N) is 1. The zero-order valence-electron chi connectivity index (χ0n) is 11.4. The van der Waals surface area contributed by atoms with Crippen molar-refractivity contribution in [3.05, 3.63) is 59.7 Å². The Labute approximate surface area is 118 Å². The molecule has 0 saturated heterocycles. The van der Waals surface area contributed by atoms with Crippen molar-refractivity contribution in [2.75, 3.05) is 19.0 Å². The number of methoxy groups -OCH3 is 1. The standard InChI is InChI=1S/C16H18N2O2/c1-20-15-9-5-4-8-14(15)18-16(19)13-7-3-2-6-12(13)10-11-17/h2-9H,10-11,17H2,1H3,(H,18,19). The van der Waals surface area contributed by atoms with Crippen LogP contribution in [0.2, 0.25) is 0 Å². The molecule has 0 aliphatic heterocycles. The number of anilines is 1. The van der Waals surface area contributed by atoms with Gasteiger partial charge in [0.1, 0.15) is 5.75 Å². The summed E-state index contributed by atoms with van der Waals surface area (Å²) in [5, 5.41) is 2.87. The third-order valence-corrected chi connectivity index (χ3v) is 3.03. The van der Waals surface area contributed by atoms with Crippen LogP contribution in [0.25, 0.3) is 0 Å². The molecule has 0 unspecified atom stereocenters. The zero-order valence-corrected chi connectivity index (χ0v) is 11.4. The van der Waals surface area contributed by atoms with Crippen LogP contribution in [0.5, 0.6) is 5.75 Å². The fourth-order valence-electron chi connectivity index (χ4n) is 2.05. The highest BCUT2D eigenvalue weighted by Gasteiger charge is 2.12. The molecule has 4 heteroatoms. The number of carbonyl (C=O) groups is 1. The van der Waals surface area contributed by atoms with E-state index in [1.807, 2.05) is 36.4 Å². The van der Waals surface area contributed by atoms with Gasteiger partial charge in [-0.3, -0.25) is 4.79 Å². The summed E-state index contributed by atoms with van der Waals surface area (Å²) in [7, 11) is 1.58. The molecule has 2 aromatic carbocycles. The minimum absolute atomic E-state index is 0.154. The molecule has 1 amide bonds. The fourth-order valence-corrected chi connectivity index (χ4v) is 2.05. The maximum atomic E-state index is 12.4. The van der Waals surface area contributed by atoms with Crippen molar-refractivity contribution in [2.45, 2.75) is 6.42 Å². The Morgan fingerprint density at radius 2 is 1.85 bits per heavy atom. The van der Waals surface area contributed by atoms with Crippen molar-refractivity contribution in [3.63, 3.8) is 0 Å². The van der Waals surface area contributed by atoms with Crippen LogP contribution >= 0.6 is 0 Å². The first-order chi connectivity index (χ1) is 9.76. The van der Waals surface area contributed by atoms with Gasteiger partial charge in [-0.05, 0) is 36.7 Å². The van der Waals surface area contributed by atoms with Gasteiger partial charge in [0.05, 0.1) is 12.8 Å². The third-order valence-electron chi connectivity index (χ3n) is 3.03. The Kier molecular flexibility index (Phi) is 4.74. The second-order valence-electron chi connectivity index (χ2n) is 4.35. The molecule has 0 bridgehead atoms. The summed E-state index contributed by atoms with van der Waals surface area (Å²) in [6.07, 6.45) is 0.676. The van der Waals surface area contributed by atoms with E-state index in [-0.39, 0.29) is 5.91 Å². The van der Waals surface area contributed by atoms with Gasteiger partial charge in [0.15, 0.2) is 0 Å². The maximum Gasteiger partial charge on any atom is 0.256 e. The summed E-state index contributed by atoms with van der Waals surface area (Å²) < 4.78 is 5.23. The average molecular weight is 270 g/mol. The van der Waals surface area contributed by atoms with E-state index in [2.05, 4.69) is 5.32 Å². The lowest BCUT2D eigenvalue weighted by Gasteiger charge is -2.12. The molecule has 0 aromatic heterocycles. The van der Waals surface area contributed by atoms with E-state index in [0.29, 0.717) is 30.0 Å². The number of nitrogens with two attached hydrogens (primary N) is 1. The molecule has 4 nitrogen and oxygen atoms in total. The first kappa shape index (κ1) is 14.1. The molecule has 104 valence electrons. The Bertz CT molecular complexity index is 597. The quantitative estimate of drug-likeness (QED) is 0.877. The van der Waals surface area contributed by atoms with Crippen molar-refractivity contribution < 1.29 is 9.53 Å². The van der Waals surface area contributed by atoms with Gasteiger partial charge in [0.2, 0.25) is 0 Å². The summed E-state index contributed by atoms with van der Waals surface area (Å²) in [6.45, 7) is 0.513. The minimum atomic E-state index is -0.154. The van der Waals surface area contributed by atoms with Crippen LogP contribution in [-0.4, -0.2) is 19.6 Å². The van der Waals surface area contributed by atoms with Gasteiger partial charge < -0.3 is 15.8 Å². The highest BCUT2D eigenvalue weighted by Crippen LogP contribution is 2.24. The van der Waals surface area contributed by atoms with Crippen LogP contribution in [0.1, 0.15) is 15.9 Å². The van der Waals surface area contributed by atoms with Gasteiger partial charge in [-0.2, -0.15) is 0 Å². The molecule has 0 atom stereocenters. The second-order valence-corrected chi connectivity index (χ2v) is 4.35. The Balaban J connectivity index is 2.24. The lowest BCUT2D eigenvalue weighted by atomic mass is 10.0. The van der Waals surface area contributed by atoms with Crippen molar-refractivity contribution >= 4 is 11.6 Å². The molecular formula is C16H18N2O2. The highest BCUT2D eigenvalue weighted by molar-refractivity contribution is 6.06. The number of ether oxygens (including phenoxy) is 1. The number of amides is 1. The molecule has 0 radical (unpaired) electrons. The van der Waals surface area contributed by atoms with Gasteiger partial charge in [-0.1, -0.05) is 30.3 Å². The van der Waals surface area contributed by atoms with Crippen LogP contribution in [-0.2, 0) is 6.42 Å². The van der Waals surface area contributed by atoms with Gasteiger partial charge in [0, 0.05) is 5.56 Å². The predicted octanol–water partition coefficient (Wildman–Crippen LogP) is 2.45. The van der Waals surface area contributed by atoms with Crippen LogP contribution in [0, 0.1) is 0 Å². The van der Waals surface area contributed by atoms with Crippen molar-refractivity contribution in [1.82, 2.24) is 0 Å². The Morgan fingerprint density at radius 1 is 1.15 bits per heavy atom. The van der Waals surface area contributed by atoms with Crippen molar-refractivity contribution in [3.8, 4) is 5.75 Å². The van der Waals surface area contributed by atoms with Gasteiger partial charge >= 0.3 is 0 Å². The number of hydrogen-bond donors (Lipinski definition) is 2. The van der Waals surface area contributed by atoms with Gasteiger partial charge in [-0.25, -0.2) is 0 Å². The molecule has 0 aliphatic carbocycles. The first-order valence-corrected chi connectivity index (χ1v) is 6.48. The molecule has 20 heavy (non-hydrogen) atoms. The monoisotopic (exact) mass is 270 g/mol. The van der Waals surface area contributed by atoms with E-state index in [1.165, 1.54) is 0 Å². The number of carbonyl (C=O) groups excluding carboxylic acids is 1. The van der Waals surface area contributed by atoms with E-state index in [0.717, 1.165) is 5.56 Å². The number of benzene rings is 2. The lowest BCUT2D eigenvalue weighted by Crippen LogP contribution is -2.16. The maximum absolute atomic E-state index is 12.4. The minimum Gasteiger partial charge on any atom is -0.495 e. The molecule has 2 rings (SSSR count). The van der Waals surface area contributed by atoms with Crippen molar-refractivity contribution in [2.24, 2.45) is 5.73 Å². The van der Waals surface area contributed by atoms with Gasteiger partial charge in [-0.15, -0.1) is 0 Å². The summed E-state index contributed by atoms with van der Waals surface area (Å²) in [6, 6.07) is 14.8. The first-order valence-electron chi connectivity index (χ1n) is 6.48. The molecule has 3 N–H and O–H groups in total. The summed E-state index contributed by atoms with van der Waals surface area (Å²) in [5.74, 6) is 0.482. The van der Waals surface area contributed by atoms with E-state index >= 15 is 0 Å². The SMILES string of the molecule is COc1ccccc1NC(=O)c1ccccc1CCN. The van der Waals surface area contributed by atoms with Crippen LogP contribution < -0.4 is 15.8 Å². The lowest BCUT2D eigenvalue weighted by molar-refractivity contribution is 0.102. The molecule has 0 heterocycles. The van der Waals surface area contributed by atoms with Crippen LogP contribution in [0.4, 0.5) is 5.69 Å². The van der Waals surface area contributed by atoms with E-state index in [9.17, 15) is 4.79 Å². The van der Waals surface area contributed by atoms with Gasteiger partial charge in [0.25, 0.3) is 5.91 Å². The summed E-state index contributed by atoms with van der Waals surface area (Å²) in [5.41, 5.74) is 7.82. The average Bonchev–Trinajstić information content (AvgIpc) is 2.48. The molecule has 0 fully saturated rings. The number of rotatable bonds is 5. The number of hydrogen-bond acceptors (Lipinski definition) is 3. The molecular weight excluding hydrogens is 252 g/mol. The normalized spacial score (nSPS) is 10.1. The molecule has 2 aromatic rings. The van der Waals surface area contributed by atoms with E-state index in [1.54, 1.807) is 19.2 Å². The highest BCUT2D eigenvalue weighted by atomic mass is 16.5. The molecule has 0 saturated carbocycles. The smallest absolute Gasteiger partial charge is 0.256 e. The van der Waals surface area contributed by atoms with Crippen LogP contribution in [0.15, 0.2) is 48.5 Å². The summed E-state index contributed by atoms with van der Waals surface area (Å²) >= 11 is 0. The third kappa shape index (κ3) is 3.16. The van der Waals surface area contributed by atoms with Crippen LogP contribution in [0.3, 0.4) is 0 Å². The second kappa shape index (κ2) is 6.73. The predicted molar refractivity (Wildman–Crippen MR) is 80.1 cm³/mol. The Hall–Kier alpha value is -2.33. The Morgan fingerprint density at radius 3 is 2.60 bits per heavy atom. The topological polar surface area (TPSA) is 64.3 Å². The summed E-state index contributed by atoms with van der Waals surface area (Å²) in [4.78, 5) is 12.4. The number of para-hydroxylation sites is 2. The van der Waals surface area contributed by atoms with E-state index < -0.39 is 0 Å². The van der Waals surface area contributed by atoms with Crippen molar-refractivity contribution in [1.29, 1.82) is 0 Å².